The molecule has 2 aromatic rings. The first-order valence-electron chi connectivity index (χ1n) is 7.74. The highest BCUT2D eigenvalue weighted by molar-refractivity contribution is 7.98. The number of halogens is 1. The fourth-order valence-corrected chi connectivity index (χ4v) is 3.60. The van der Waals surface area contributed by atoms with E-state index >= 15 is 0 Å². The lowest BCUT2D eigenvalue weighted by atomic mass is 10.2. The van der Waals surface area contributed by atoms with Crippen molar-refractivity contribution in [2.75, 3.05) is 18.5 Å². The maximum Gasteiger partial charge on any atom is 0.314 e. The molecule has 1 aliphatic heterocycles. The first-order valence-corrected chi connectivity index (χ1v) is 9.28. The Kier molecular flexibility index (Phi) is 5.62. The molecule has 1 aliphatic rings. The molecule has 0 aliphatic carbocycles. The van der Waals surface area contributed by atoms with Crippen molar-refractivity contribution in [1.82, 2.24) is 15.1 Å². The Hall–Kier alpha value is -2.03. The van der Waals surface area contributed by atoms with Gasteiger partial charge in [-0.2, -0.15) is 16.9 Å². The maximum absolute atomic E-state index is 12.2. The molecule has 0 bridgehead atoms. The number of anilines is 1. The minimum absolute atomic E-state index is 0.0457. The van der Waals surface area contributed by atoms with Gasteiger partial charge < -0.3 is 15.7 Å². The van der Waals surface area contributed by atoms with E-state index < -0.39 is 11.8 Å². The van der Waals surface area contributed by atoms with E-state index in [1.54, 1.807) is 40.7 Å². The van der Waals surface area contributed by atoms with Gasteiger partial charge in [0.2, 0.25) is 0 Å². The summed E-state index contributed by atoms with van der Waals surface area (Å²) < 4.78 is 1.62. The van der Waals surface area contributed by atoms with Crippen LogP contribution in [0.4, 0.5) is 5.82 Å². The predicted octanol–water partition coefficient (Wildman–Crippen LogP) is 1.71. The zero-order valence-corrected chi connectivity index (χ0v) is 14.9. The number of thioether (sulfide) groups is 1. The molecule has 0 saturated heterocycles. The lowest BCUT2D eigenvalue weighted by Crippen LogP contribution is -2.36. The van der Waals surface area contributed by atoms with E-state index in [0.29, 0.717) is 17.3 Å². The molecule has 9 heteroatoms. The van der Waals surface area contributed by atoms with Gasteiger partial charge in [-0.3, -0.25) is 9.59 Å². The molecule has 2 amide bonds. The van der Waals surface area contributed by atoms with Gasteiger partial charge in [-0.15, -0.1) is 0 Å². The van der Waals surface area contributed by atoms with Crippen molar-refractivity contribution in [2.45, 2.75) is 17.9 Å². The van der Waals surface area contributed by atoms with Gasteiger partial charge in [0.1, 0.15) is 5.82 Å². The first-order chi connectivity index (χ1) is 12.1. The average molecular weight is 381 g/mol. The second kappa shape index (κ2) is 7.90. The van der Waals surface area contributed by atoms with Crippen LogP contribution in [0.1, 0.15) is 17.7 Å². The van der Waals surface area contributed by atoms with Gasteiger partial charge in [0, 0.05) is 35.2 Å². The van der Waals surface area contributed by atoms with E-state index in [2.05, 4.69) is 15.7 Å². The van der Waals surface area contributed by atoms with Crippen molar-refractivity contribution in [3.63, 3.8) is 0 Å². The molecule has 1 aromatic heterocycles. The minimum atomic E-state index is -0.757. The van der Waals surface area contributed by atoms with Gasteiger partial charge in [-0.25, -0.2) is 4.68 Å². The number of benzene rings is 1. The molecule has 0 spiro atoms. The van der Waals surface area contributed by atoms with Gasteiger partial charge in [0.25, 0.3) is 0 Å². The summed E-state index contributed by atoms with van der Waals surface area (Å²) in [5.74, 6) is 0.501. The van der Waals surface area contributed by atoms with Crippen molar-refractivity contribution in [2.24, 2.45) is 0 Å². The van der Waals surface area contributed by atoms with Crippen LogP contribution in [0.3, 0.4) is 0 Å². The van der Waals surface area contributed by atoms with Gasteiger partial charge in [0.15, 0.2) is 0 Å². The zero-order chi connectivity index (χ0) is 17.8. The molecule has 0 saturated carbocycles. The number of rotatable bonds is 5. The van der Waals surface area contributed by atoms with Crippen LogP contribution in [0, 0.1) is 0 Å². The highest BCUT2D eigenvalue weighted by Gasteiger charge is 2.26. The summed E-state index contributed by atoms with van der Waals surface area (Å²) in [6.45, 7) is 0.198. The van der Waals surface area contributed by atoms with E-state index in [1.165, 1.54) is 0 Å². The summed E-state index contributed by atoms with van der Waals surface area (Å²) >= 11 is 7.63. The second-order valence-corrected chi connectivity index (χ2v) is 6.86. The molecule has 0 unspecified atom stereocenters. The van der Waals surface area contributed by atoms with Crippen molar-refractivity contribution >= 4 is 41.0 Å². The van der Waals surface area contributed by atoms with Crippen LogP contribution in [0.2, 0.25) is 5.02 Å². The maximum atomic E-state index is 12.2. The lowest BCUT2D eigenvalue weighted by Gasteiger charge is -2.11. The van der Waals surface area contributed by atoms with E-state index in [-0.39, 0.29) is 13.2 Å². The third-order valence-corrected chi connectivity index (χ3v) is 4.90. The first kappa shape index (κ1) is 17.8. The molecular formula is C16H17ClN4O3S. The second-order valence-electron chi connectivity index (χ2n) is 5.44. The SMILES string of the molecule is O=C(NCCCO)C(=O)Nc1c2c(nn1-c1ccc(Cl)cc1)CSC2. The highest BCUT2D eigenvalue weighted by Crippen LogP contribution is 2.36. The predicted molar refractivity (Wildman–Crippen MR) is 96.9 cm³/mol. The summed E-state index contributed by atoms with van der Waals surface area (Å²) in [6, 6.07) is 7.08. The molecule has 3 N–H and O–H groups in total. The Labute approximate surface area is 153 Å². The Bertz CT molecular complexity index is 791. The van der Waals surface area contributed by atoms with Crippen molar-refractivity contribution in [1.29, 1.82) is 0 Å². The largest absolute Gasteiger partial charge is 0.396 e. The Balaban J connectivity index is 1.84. The fourth-order valence-electron chi connectivity index (χ4n) is 2.44. The number of nitrogens with one attached hydrogen (secondary N) is 2. The normalized spacial score (nSPS) is 12.7. The number of aliphatic hydroxyl groups is 1. The molecular weight excluding hydrogens is 364 g/mol. The number of hydrogen-bond donors (Lipinski definition) is 3. The monoisotopic (exact) mass is 380 g/mol. The van der Waals surface area contributed by atoms with Crippen molar-refractivity contribution in [3.8, 4) is 5.69 Å². The number of aliphatic hydroxyl groups excluding tert-OH is 1. The topological polar surface area (TPSA) is 96.2 Å². The van der Waals surface area contributed by atoms with Crippen LogP contribution >= 0.6 is 23.4 Å². The van der Waals surface area contributed by atoms with E-state index in [0.717, 1.165) is 28.5 Å². The molecule has 3 rings (SSSR count). The Morgan fingerprint density at radius 2 is 2.00 bits per heavy atom. The third-order valence-electron chi connectivity index (χ3n) is 3.68. The Morgan fingerprint density at radius 1 is 1.24 bits per heavy atom. The summed E-state index contributed by atoms with van der Waals surface area (Å²) in [4.78, 5) is 24.1. The van der Waals surface area contributed by atoms with Crippen LogP contribution in [0.25, 0.3) is 5.69 Å². The summed E-state index contributed by atoms with van der Waals surface area (Å²) in [5, 5.41) is 19.0. The lowest BCUT2D eigenvalue weighted by molar-refractivity contribution is -0.136. The van der Waals surface area contributed by atoms with Crippen molar-refractivity contribution < 1.29 is 14.7 Å². The quantitative estimate of drug-likeness (QED) is 0.542. The van der Waals surface area contributed by atoms with E-state index in [1.807, 2.05) is 0 Å². The standard InChI is InChI=1S/C16H17ClN4O3S/c17-10-2-4-11(5-3-10)21-14(12-8-25-9-13(12)20-21)19-16(24)15(23)18-6-1-7-22/h2-5,22H,1,6-9H2,(H,18,23)(H,19,24). The molecule has 0 fully saturated rings. The summed E-state index contributed by atoms with van der Waals surface area (Å²) in [5.41, 5.74) is 2.58. The van der Waals surface area contributed by atoms with Gasteiger partial charge >= 0.3 is 11.8 Å². The van der Waals surface area contributed by atoms with Crippen LogP contribution < -0.4 is 10.6 Å². The molecule has 0 radical (unpaired) electrons. The number of aromatic nitrogens is 2. The average Bonchev–Trinajstić information content (AvgIpc) is 3.18. The number of amides is 2. The summed E-state index contributed by atoms with van der Waals surface area (Å²) in [6.07, 6.45) is 0.397. The molecule has 0 atom stereocenters. The highest BCUT2D eigenvalue weighted by atomic mass is 35.5. The number of nitrogens with zero attached hydrogens (tertiary/aromatic N) is 2. The van der Waals surface area contributed by atoms with Crippen LogP contribution in [-0.4, -0.2) is 39.9 Å². The number of fused-ring (bicyclic) bond motifs is 1. The smallest absolute Gasteiger partial charge is 0.314 e. The minimum Gasteiger partial charge on any atom is -0.396 e. The van der Waals surface area contributed by atoms with Gasteiger partial charge in [-0.05, 0) is 30.7 Å². The molecule has 1 aromatic carbocycles. The van der Waals surface area contributed by atoms with Crippen LogP contribution in [0.5, 0.6) is 0 Å². The molecule has 25 heavy (non-hydrogen) atoms. The molecule has 2 heterocycles. The number of carbonyl (C=O) groups excluding carboxylic acids is 2. The zero-order valence-electron chi connectivity index (χ0n) is 13.3. The van der Waals surface area contributed by atoms with E-state index in [4.69, 9.17) is 16.7 Å². The van der Waals surface area contributed by atoms with Crippen molar-refractivity contribution in [3.05, 3.63) is 40.5 Å². The molecule has 7 nitrogen and oxygen atoms in total. The fraction of sp³-hybridized carbons (Fsp3) is 0.312. The van der Waals surface area contributed by atoms with Crippen LogP contribution in [0.15, 0.2) is 24.3 Å². The summed E-state index contributed by atoms with van der Waals surface area (Å²) in [7, 11) is 0. The third kappa shape index (κ3) is 3.97. The number of hydrogen-bond acceptors (Lipinski definition) is 5. The van der Waals surface area contributed by atoms with E-state index in [9.17, 15) is 9.59 Å². The van der Waals surface area contributed by atoms with Gasteiger partial charge in [0.05, 0.1) is 11.4 Å². The number of carbonyl (C=O) groups is 2. The molecule has 132 valence electrons. The van der Waals surface area contributed by atoms with Crippen LogP contribution in [-0.2, 0) is 21.1 Å². The van der Waals surface area contributed by atoms with Gasteiger partial charge in [-0.1, -0.05) is 11.6 Å². The Morgan fingerprint density at radius 3 is 2.72 bits per heavy atom.